The Hall–Kier alpha value is -3.27. The van der Waals surface area contributed by atoms with Crippen LogP contribution in [0.5, 0.6) is 11.5 Å². The van der Waals surface area contributed by atoms with E-state index in [0.29, 0.717) is 0 Å². The number of ether oxygens (including phenoxy) is 2. The minimum Gasteiger partial charge on any atom is -0.497 e. The molecule has 0 aromatic heterocycles. The monoisotopic (exact) mass is 332 g/mol. The van der Waals surface area contributed by atoms with Crippen molar-refractivity contribution in [2.24, 2.45) is 4.99 Å². The van der Waals surface area contributed by atoms with E-state index in [-0.39, 0.29) is 0 Å². The largest absolute Gasteiger partial charge is 0.497 e. The van der Waals surface area contributed by atoms with Gasteiger partial charge in [-0.05, 0) is 48.5 Å². The van der Waals surface area contributed by atoms with Crippen molar-refractivity contribution in [3.8, 4) is 11.5 Å². The van der Waals surface area contributed by atoms with E-state index in [1.54, 1.807) is 14.2 Å². The molecule has 0 bridgehead atoms. The molecule has 0 aliphatic rings. The fraction of sp³-hybridized carbons (Fsp3) is 0.0952. The first kappa shape index (κ1) is 16.6. The summed E-state index contributed by atoms with van der Waals surface area (Å²) in [6.45, 7) is 0. The van der Waals surface area contributed by atoms with Crippen molar-refractivity contribution < 1.29 is 9.47 Å². The van der Waals surface area contributed by atoms with E-state index in [1.165, 1.54) is 0 Å². The van der Waals surface area contributed by atoms with E-state index in [0.717, 1.165) is 34.3 Å². The van der Waals surface area contributed by atoms with Gasteiger partial charge in [0.25, 0.3) is 0 Å². The molecule has 25 heavy (non-hydrogen) atoms. The third kappa shape index (κ3) is 4.38. The summed E-state index contributed by atoms with van der Waals surface area (Å²) in [5.74, 6) is 2.34. The molecule has 0 aliphatic carbocycles. The van der Waals surface area contributed by atoms with Gasteiger partial charge in [-0.1, -0.05) is 30.3 Å². The molecule has 0 saturated heterocycles. The summed E-state index contributed by atoms with van der Waals surface area (Å²) in [6.07, 6.45) is 0. The molecule has 126 valence electrons. The Morgan fingerprint density at radius 2 is 1.48 bits per heavy atom. The van der Waals surface area contributed by atoms with Crippen molar-refractivity contribution in [2.75, 3.05) is 19.5 Å². The molecule has 0 aliphatic heterocycles. The van der Waals surface area contributed by atoms with Crippen LogP contribution in [0.25, 0.3) is 0 Å². The van der Waals surface area contributed by atoms with E-state index in [4.69, 9.17) is 14.5 Å². The number of aliphatic imine (C=N–C) groups is 1. The lowest BCUT2D eigenvalue weighted by molar-refractivity contribution is 0.414. The van der Waals surface area contributed by atoms with Crippen molar-refractivity contribution in [3.05, 3.63) is 84.4 Å². The molecule has 3 rings (SSSR count). The fourth-order valence-electron chi connectivity index (χ4n) is 2.38. The van der Waals surface area contributed by atoms with Crippen LogP contribution in [0.4, 0.5) is 11.4 Å². The van der Waals surface area contributed by atoms with Gasteiger partial charge >= 0.3 is 0 Å². The molecule has 4 nitrogen and oxygen atoms in total. The highest BCUT2D eigenvalue weighted by Crippen LogP contribution is 2.21. The minimum atomic E-state index is 0.746. The van der Waals surface area contributed by atoms with Gasteiger partial charge in [0.05, 0.1) is 19.9 Å². The molecule has 1 N–H and O–H groups in total. The zero-order chi connectivity index (χ0) is 17.5. The van der Waals surface area contributed by atoms with E-state index >= 15 is 0 Å². The van der Waals surface area contributed by atoms with Crippen LogP contribution in [0.3, 0.4) is 0 Å². The second kappa shape index (κ2) is 8.02. The summed E-state index contributed by atoms with van der Waals surface area (Å²) in [5, 5.41) is 3.39. The van der Waals surface area contributed by atoms with Crippen LogP contribution in [0.15, 0.2) is 83.9 Å². The summed E-state index contributed by atoms with van der Waals surface area (Å²) < 4.78 is 10.5. The van der Waals surface area contributed by atoms with E-state index in [2.05, 4.69) is 5.32 Å². The number of methoxy groups -OCH3 is 2. The Bertz CT molecular complexity index is 843. The first-order chi connectivity index (χ1) is 12.3. The molecule has 0 saturated carbocycles. The topological polar surface area (TPSA) is 42.8 Å². The smallest absolute Gasteiger partial charge is 0.138 e. The maximum Gasteiger partial charge on any atom is 0.138 e. The Morgan fingerprint density at radius 3 is 2.16 bits per heavy atom. The van der Waals surface area contributed by atoms with Gasteiger partial charge in [0.2, 0.25) is 0 Å². The van der Waals surface area contributed by atoms with Gasteiger partial charge in [0.15, 0.2) is 0 Å². The number of nitrogens with zero attached hydrogens (tertiary/aromatic N) is 1. The molecule has 0 atom stereocenters. The van der Waals surface area contributed by atoms with E-state index < -0.39 is 0 Å². The molecular formula is C21H20N2O2. The Kier molecular flexibility index (Phi) is 5.32. The number of para-hydroxylation sites is 1. The van der Waals surface area contributed by atoms with Crippen molar-refractivity contribution in [1.29, 1.82) is 0 Å². The number of hydrogen-bond acceptors (Lipinski definition) is 3. The molecule has 0 fully saturated rings. The van der Waals surface area contributed by atoms with E-state index in [1.807, 2.05) is 78.9 Å². The van der Waals surface area contributed by atoms with Crippen LogP contribution >= 0.6 is 0 Å². The number of rotatable bonds is 5. The highest BCUT2D eigenvalue weighted by Gasteiger charge is 2.06. The number of hydrogen-bond donors (Lipinski definition) is 1. The van der Waals surface area contributed by atoms with Gasteiger partial charge in [-0.3, -0.25) is 0 Å². The molecule has 0 spiro atoms. The zero-order valence-electron chi connectivity index (χ0n) is 14.3. The third-order valence-corrected chi connectivity index (χ3v) is 3.69. The predicted molar refractivity (Wildman–Crippen MR) is 102 cm³/mol. The molecule has 3 aromatic carbocycles. The van der Waals surface area contributed by atoms with Crippen molar-refractivity contribution in [3.63, 3.8) is 0 Å². The molecular weight excluding hydrogens is 312 g/mol. The fourth-order valence-corrected chi connectivity index (χ4v) is 2.38. The van der Waals surface area contributed by atoms with Gasteiger partial charge in [-0.15, -0.1) is 0 Å². The SMILES string of the molecule is COc1ccc(N=C(Nc2ccccc2)c2cccc(OC)c2)cc1. The normalized spacial score (nSPS) is 11.0. The number of amidine groups is 1. The predicted octanol–water partition coefficient (Wildman–Crippen LogP) is 4.89. The standard InChI is InChI=1S/C21H20N2O2/c1-24-19-13-11-18(12-14-19)23-21(22-17-8-4-3-5-9-17)16-7-6-10-20(15-16)25-2/h3-15H,1-2H3,(H,22,23). The lowest BCUT2D eigenvalue weighted by Gasteiger charge is -2.12. The Labute approximate surface area is 147 Å². The van der Waals surface area contributed by atoms with Crippen LogP contribution in [-0.4, -0.2) is 20.1 Å². The van der Waals surface area contributed by atoms with Gasteiger partial charge in [0, 0.05) is 11.3 Å². The van der Waals surface area contributed by atoms with Crippen LogP contribution in [0.1, 0.15) is 5.56 Å². The maximum atomic E-state index is 5.34. The molecule has 0 heterocycles. The number of anilines is 1. The summed E-state index contributed by atoms with van der Waals surface area (Å²) in [7, 11) is 3.31. The average Bonchev–Trinajstić information content (AvgIpc) is 2.69. The Morgan fingerprint density at radius 1 is 0.760 bits per heavy atom. The minimum absolute atomic E-state index is 0.746. The highest BCUT2D eigenvalue weighted by atomic mass is 16.5. The second-order valence-electron chi connectivity index (χ2n) is 5.38. The second-order valence-corrected chi connectivity index (χ2v) is 5.38. The quantitative estimate of drug-likeness (QED) is 0.534. The average molecular weight is 332 g/mol. The van der Waals surface area contributed by atoms with Gasteiger partial charge in [-0.25, -0.2) is 4.99 Å². The first-order valence-corrected chi connectivity index (χ1v) is 7.98. The van der Waals surface area contributed by atoms with Crippen molar-refractivity contribution in [2.45, 2.75) is 0 Å². The van der Waals surface area contributed by atoms with Crippen molar-refractivity contribution in [1.82, 2.24) is 0 Å². The summed E-state index contributed by atoms with van der Waals surface area (Å²) in [5.41, 5.74) is 2.75. The van der Waals surface area contributed by atoms with Crippen LogP contribution in [0, 0.1) is 0 Å². The lowest BCUT2D eigenvalue weighted by atomic mass is 10.1. The molecule has 3 aromatic rings. The number of nitrogens with one attached hydrogen (secondary N) is 1. The van der Waals surface area contributed by atoms with Crippen LogP contribution < -0.4 is 14.8 Å². The van der Waals surface area contributed by atoms with Gasteiger partial charge in [-0.2, -0.15) is 0 Å². The summed E-state index contributed by atoms with van der Waals surface area (Å²) >= 11 is 0. The zero-order valence-corrected chi connectivity index (χ0v) is 14.3. The van der Waals surface area contributed by atoms with Gasteiger partial charge < -0.3 is 14.8 Å². The summed E-state index contributed by atoms with van der Waals surface area (Å²) in [4.78, 5) is 4.77. The van der Waals surface area contributed by atoms with E-state index in [9.17, 15) is 0 Å². The molecule has 0 radical (unpaired) electrons. The first-order valence-electron chi connectivity index (χ1n) is 7.98. The Balaban J connectivity index is 1.99. The maximum absolute atomic E-state index is 5.34. The molecule has 0 amide bonds. The highest BCUT2D eigenvalue weighted by molar-refractivity contribution is 6.09. The van der Waals surface area contributed by atoms with Crippen LogP contribution in [-0.2, 0) is 0 Å². The molecule has 4 heteroatoms. The lowest BCUT2D eigenvalue weighted by Crippen LogP contribution is -2.13. The number of benzene rings is 3. The summed E-state index contributed by atoms with van der Waals surface area (Å²) in [6, 6.07) is 25.4. The van der Waals surface area contributed by atoms with Crippen LogP contribution in [0.2, 0.25) is 0 Å². The third-order valence-electron chi connectivity index (χ3n) is 3.69. The molecule has 0 unspecified atom stereocenters. The van der Waals surface area contributed by atoms with Crippen molar-refractivity contribution >= 4 is 17.2 Å². The van der Waals surface area contributed by atoms with Gasteiger partial charge in [0.1, 0.15) is 17.3 Å².